The zero-order valence-electron chi connectivity index (χ0n) is 15.1. The number of nitrogens with zero attached hydrogens (tertiary/aromatic N) is 5. The van der Waals surface area contributed by atoms with E-state index in [0.29, 0.717) is 5.92 Å². The van der Waals surface area contributed by atoms with Crippen LogP contribution in [0.25, 0.3) is 0 Å². The zero-order valence-corrected chi connectivity index (χ0v) is 15.1. The van der Waals surface area contributed by atoms with Gasteiger partial charge in [0.2, 0.25) is 0 Å². The third-order valence-electron chi connectivity index (χ3n) is 5.44. The number of aryl methyl sites for hydroxylation is 2. The number of aromatic nitrogens is 5. The Morgan fingerprint density at radius 2 is 2.32 bits per heavy atom. The summed E-state index contributed by atoms with van der Waals surface area (Å²) in [6, 6.07) is 2.25. The molecule has 136 valence electrons. The van der Waals surface area contributed by atoms with Crippen LogP contribution in [0.15, 0.2) is 12.3 Å². The van der Waals surface area contributed by atoms with E-state index in [1.165, 1.54) is 0 Å². The molecule has 0 spiro atoms. The van der Waals surface area contributed by atoms with E-state index in [1.54, 1.807) is 7.11 Å². The Morgan fingerprint density at radius 3 is 3.00 bits per heavy atom. The first-order valence-electron chi connectivity index (χ1n) is 8.91. The molecule has 0 amide bonds. The summed E-state index contributed by atoms with van der Waals surface area (Å²) in [5.74, 6) is 2.16. The molecule has 0 aliphatic carbocycles. The number of H-pyrrole nitrogens is 1. The van der Waals surface area contributed by atoms with E-state index in [1.807, 2.05) is 24.9 Å². The fourth-order valence-corrected chi connectivity index (χ4v) is 4.12. The SMILES string of the molecule is CO[C@@H]1C[C@@H](c2n[nH]c(C)n2)N(C[C@@H]2CCO[C@H]2c2ccnn2C)C1. The highest BCUT2D eigenvalue weighted by atomic mass is 16.5. The molecule has 2 aromatic rings. The van der Waals surface area contributed by atoms with Gasteiger partial charge in [-0.15, -0.1) is 0 Å². The maximum Gasteiger partial charge on any atom is 0.167 e. The standard InChI is InChI=1S/C17H26N6O2/c1-11-19-17(21-20-11)15-8-13(24-3)10-23(15)9-12-5-7-25-16(12)14-4-6-18-22(14)2/h4,6,12-13,15-16H,5,7-10H2,1-3H3,(H,19,20,21)/t12-,13+,15-,16+/m0/s1. The van der Waals surface area contributed by atoms with Crippen LogP contribution in [0.2, 0.25) is 0 Å². The summed E-state index contributed by atoms with van der Waals surface area (Å²) in [4.78, 5) is 7.02. The molecular weight excluding hydrogens is 320 g/mol. The summed E-state index contributed by atoms with van der Waals surface area (Å²) in [6.07, 6.45) is 4.15. The zero-order chi connectivity index (χ0) is 17.4. The maximum atomic E-state index is 6.04. The van der Waals surface area contributed by atoms with E-state index in [2.05, 4.69) is 31.2 Å². The van der Waals surface area contributed by atoms with Gasteiger partial charge in [-0.2, -0.15) is 10.2 Å². The van der Waals surface area contributed by atoms with Crippen LogP contribution in [0.1, 0.15) is 42.3 Å². The van der Waals surface area contributed by atoms with Gasteiger partial charge in [-0.05, 0) is 25.8 Å². The first-order chi connectivity index (χ1) is 12.2. The minimum absolute atomic E-state index is 0.101. The van der Waals surface area contributed by atoms with Crippen LogP contribution in [0.5, 0.6) is 0 Å². The van der Waals surface area contributed by atoms with E-state index in [9.17, 15) is 0 Å². The molecule has 4 atom stereocenters. The minimum atomic E-state index is 0.101. The Bertz CT molecular complexity index is 714. The number of aromatic amines is 1. The number of methoxy groups -OCH3 is 1. The molecule has 0 radical (unpaired) electrons. The molecule has 2 aliphatic rings. The van der Waals surface area contributed by atoms with E-state index in [4.69, 9.17) is 9.47 Å². The van der Waals surface area contributed by atoms with Gasteiger partial charge in [0.1, 0.15) is 11.9 Å². The van der Waals surface area contributed by atoms with Gasteiger partial charge < -0.3 is 9.47 Å². The molecule has 25 heavy (non-hydrogen) atoms. The van der Waals surface area contributed by atoms with Gasteiger partial charge in [-0.25, -0.2) is 4.98 Å². The summed E-state index contributed by atoms with van der Waals surface area (Å²) in [7, 11) is 3.76. The smallest absolute Gasteiger partial charge is 0.167 e. The first-order valence-corrected chi connectivity index (χ1v) is 8.91. The van der Waals surface area contributed by atoms with Crippen molar-refractivity contribution >= 4 is 0 Å². The van der Waals surface area contributed by atoms with Crippen molar-refractivity contribution < 1.29 is 9.47 Å². The number of ether oxygens (including phenoxy) is 2. The second-order valence-electron chi connectivity index (χ2n) is 7.06. The van der Waals surface area contributed by atoms with Gasteiger partial charge in [0, 0.05) is 46.0 Å². The Balaban J connectivity index is 1.52. The van der Waals surface area contributed by atoms with Crippen molar-refractivity contribution in [3.05, 3.63) is 29.6 Å². The summed E-state index contributed by atoms with van der Waals surface area (Å²) in [6.45, 7) is 4.59. The number of nitrogens with one attached hydrogen (secondary N) is 1. The second-order valence-corrected chi connectivity index (χ2v) is 7.06. The summed E-state index contributed by atoms with van der Waals surface area (Å²) >= 11 is 0. The van der Waals surface area contributed by atoms with Crippen LogP contribution in [0.4, 0.5) is 0 Å². The van der Waals surface area contributed by atoms with E-state index >= 15 is 0 Å². The summed E-state index contributed by atoms with van der Waals surface area (Å²) in [5, 5.41) is 11.7. The third-order valence-corrected chi connectivity index (χ3v) is 5.44. The average Bonchev–Trinajstić information content (AvgIpc) is 3.35. The van der Waals surface area contributed by atoms with Crippen molar-refractivity contribution in [1.82, 2.24) is 29.9 Å². The fourth-order valence-electron chi connectivity index (χ4n) is 4.12. The predicted octanol–water partition coefficient (Wildman–Crippen LogP) is 1.39. The van der Waals surface area contributed by atoms with Gasteiger partial charge in [0.15, 0.2) is 5.82 Å². The highest BCUT2D eigenvalue weighted by molar-refractivity contribution is 5.09. The van der Waals surface area contributed by atoms with Gasteiger partial charge in [-0.1, -0.05) is 0 Å². The molecule has 2 saturated heterocycles. The van der Waals surface area contributed by atoms with Gasteiger partial charge in [0.25, 0.3) is 0 Å². The molecule has 0 bridgehead atoms. The lowest BCUT2D eigenvalue weighted by atomic mass is 9.98. The van der Waals surface area contributed by atoms with Gasteiger partial charge in [-0.3, -0.25) is 14.7 Å². The topological polar surface area (TPSA) is 81.1 Å². The lowest BCUT2D eigenvalue weighted by molar-refractivity contribution is 0.0654. The van der Waals surface area contributed by atoms with Crippen LogP contribution >= 0.6 is 0 Å². The molecule has 2 fully saturated rings. The van der Waals surface area contributed by atoms with Gasteiger partial charge >= 0.3 is 0 Å². The summed E-state index contributed by atoms with van der Waals surface area (Å²) in [5.41, 5.74) is 1.15. The largest absolute Gasteiger partial charge is 0.380 e. The van der Waals surface area contributed by atoms with Crippen molar-refractivity contribution in [2.45, 2.75) is 38.0 Å². The molecule has 8 heteroatoms. The van der Waals surface area contributed by atoms with Crippen molar-refractivity contribution in [3.63, 3.8) is 0 Å². The van der Waals surface area contributed by atoms with E-state index < -0.39 is 0 Å². The van der Waals surface area contributed by atoms with Crippen molar-refractivity contribution in [2.75, 3.05) is 26.8 Å². The monoisotopic (exact) mass is 346 g/mol. The molecule has 8 nitrogen and oxygen atoms in total. The molecular formula is C17H26N6O2. The molecule has 2 aromatic heterocycles. The molecule has 0 saturated carbocycles. The molecule has 2 aliphatic heterocycles. The molecule has 0 aromatic carbocycles. The molecule has 0 unspecified atom stereocenters. The van der Waals surface area contributed by atoms with Crippen molar-refractivity contribution in [1.29, 1.82) is 0 Å². The number of hydrogen-bond donors (Lipinski definition) is 1. The van der Waals surface area contributed by atoms with Crippen LogP contribution in [0, 0.1) is 12.8 Å². The Hall–Kier alpha value is -1.77. The molecule has 1 N–H and O–H groups in total. The normalized spacial score (nSPS) is 30.4. The highest BCUT2D eigenvalue weighted by Crippen LogP contribution is 2.39. The lowest BCUT2D eigenvalue weighted by Gasteiger charge is -2.27. The van der Waals surface area contributed by atoms with Gasteiger partial charge in [0.05, 0.1) is 17.8 Å². The van der Waals surface area contributed by atoms with Crippen LogP contribution in [-0.2, 0) is 16.5 Å². The lowest BCUT2D eigenvalue weighted by Crippen LogP contribution is -2.32. The maximum absolute atomic E-state index is 6.04. The Morgan fingerprint density at radius 1 is 1.44 bits per heavy atom. The quantitative estimate of drug-likeness (QED) is 0.881. The Kier molecular flexibility index (Phi) is 4.58. The number of rotatable bonds is 5. The highest BCUT2D eigenvalue weighted by Gasteiger charge is 2.40. The minimum Gasteiger partial charge on any atom is -0.380 e. The summed E-state index contributed by atoms with van der Waals surface area (Å²) < 4.78 is 13.6. The van der Waals surface area contributed by atoms with Crippen LogP contribution in [-0.4, -0.2) is 62.8 Å². The third kappa shape index (κ3) is 3.21. The van der Waals surface area contributed by atoms with E-state index in [0.717, 1.165) is 49.9 Å². The van der Waals surface area contributed by atoms with Crippen LogP contribution < -0.4 is 0 Å². The van der Waals surface area contributed by atoms with Crippen molar-refractivity contribution in [2.24, 2.45) is 13.0 Å². The first kappa shape index (κ1) is 16.7. The Labute approximate surface area is 147 Å². The number of hydrogen-bond acceptors (Lipinski definition) is 6. The van der Waals surface area contributed by atoms with E-state index in [-0.39, 0.29) is 18.2 Å². The van der Waals surface area contributed by atoms with Crippen molar-refractivity contribution in [3.8, 4) is 0 Å². The number of likely N-dealkylation sites (tertiary alicyclic amines) is 1. The predicted molar refractivity (Wildman–Crippen MR) is 90.9 cm³/mol. The second kappa shape index (κ2) is 6.86. The molecule has 4 rings (SSSR count). The fraction of sp³-hybridized carbons (Fsp3) is 0.706. The molecule has 4 heterocycles. The average molecular weight is 346 g/mol. The van der Waals surface area contributed by atoms with Crippen LogP contribution in [0.3, 0.4) is 0 Å².